The number of aromatic nitrogens is 2. The number of rotatable bonds is 10. The van der Waals surface area contributed by atoms with Gasteiger partial charge >= 0.3 is 0 Å². The van der Waals surface area contributed by atoms with Crippen LogP contribution in [0, 0.1) is 0 Å². The average molecular weight is 395 g/mol. The second kappa shape index (κ2) is 10.4. The maximum atomic E-state index is 11.8. The summed E-state index contributed by atoms with van der Waals surface area (Å²) in [4.78, 5) is 19.6. The standard InChI is InChI=1S/C22H25N3O4/c1-27-10-11-29-15-21(26)23-13-16-6-8-17(9-7-16)22-24-14-20(25-22)18-4-3-5-19(12-18)28-2/h3-9,12,14H,10-11,13,15H2,1-2H3,(H,23,26)(H,24,25). The van der Waals surface area contributed by atoms with E-state index < -0.39 is 0 Å². The summed E-state index contributed by atoms with van der Waals surface area (Å²) < 4.78 is 15.3. The number of imidazole rings is 1. The Morgan fingerprint density at radius 3 is 2.66 bits per heavy atom. The van der Waals surface area contributed by atoms with Gasteiger partial charge in [0, 0.05) is 24.8 Å². The van der Waals surface area contributed by atoms with Crippen LogP contribution in [0.1, 0.15) is 5.56 Å². The number of aromatic amines is 1. The first-order valence-corrected chi connectivity index (χ1v) is 9.31. The summed E-state index contributed by atoms with van der Waals surface area (Å²) in [6, 6.07) is 15.7. The van der Waals surface area contributed by atoms with Gasteiger partial charge in [0.1, 0.15) is 18.2 Å². The van der Waals surface area contributed by atoms with Crippen molar-refractivity contribution in [1.82, 2.24) is 15.3 Å². The molecular formula is C22H25N3O4. The molecule has 0 aliphatic carbocycles. The molecule has 7 nitrogen and oxygen atoms in total. The second-order valence-electron chi connectivity index (χ2n) is 6.40. The second-order valence-corrected chi connectivity index (χ2v) is 6.40. The van der Waals surface area contributed by atoms with Gasteiger partial charge in [-0.05, 0) is 17.7 Å². The molecule has 0 aliphatic heterocycles. The number of amides is 1. The van der Waals surface area contributed by atoms with Crippen LogP contribution in [0.4, 0.5) is 0 Å². The topological polar surface area (TPSA) is 85.5 Å². The molecule has 0 saturated carbocycles. The summed E-state index contributed by atoms with van der Waals surface area (Å²) >= 11 is 0. The average Bonchev–Trinajstić information content (AvgIpc) is 3.26. The van der Waals surface area contributed by atoms with Crippen LogP contribution in [-0.4, -0.2) is 49.9 Å². The van der Waals surface area contributed by atoms with E-state index in [4.69, 9.17) is 14.2 Å². The van der Waals surface area contributed by atoms with Gasteiger partial charge in [-0.3, -0.25) is 4.79 Å². The molecule has 1 aromatic heterocycles. The first kappa shape index (κ1) is 20.6. The normalized spacial score (nSPS) is 10.7. The number of methoxy groups -OCH3 is 2. The van der Waals surface area contributed by atoms with E-state index in [1.54, 1.807) is 14.2 Å². The number of hydrogen-bond acceptors (Lipinski definition) is 5. The predicted octanol–water partition coefficient (Wildman–Crippen LogP) is 3.03. The molecule has 0 fully saturated rings. The number of H-pyrrole nitrogens is 1. The third-order valence-electron chi connectivity index (χ3n) is 4.34. The van der Waals surface area contributed by atoms with Gasteiger partial charge in [0.15, 0.2) is 0 Å². The van der Waals surface area contributed by atoms with Crippen LogP contribution < -0.4 is 10.1 Å². The molecule has 3 rings (SSSR count). The zero-order valence-electron chi connectivity index (χ0n) is 16.6. The van der Waals surface area contributed by atoms with Crippen LogP contribution in [0.2, 0.25) is 0 Å². The Labute approximate surface area is 170 Å². The highest BCUT2D eigenvalue weighted by Crippen LogP contribution is 2.25. The third-order valence-corrected chi connectivity index (χ3v) is 4.34. The van der Waals surface area contributed by atoms with E-state index in [1.807, 2.05) is 54.7 Å². The molecule has 0 unspecified atom stereocenters. The quantitative estimate of drug-likeness (QED) is 0.516. The summed E-state index contributed by atoms with van der Waals surface area (Å²) in [7, 11) is 3.24. The minimum absolute atomic E-state index is 0.0287. The maximum Gasteiger partial charge on any atom is 0.246 e. The van der Waals surface area contributed by atoms with Gasteiger partial charge in [0.2, 0.25) is 5.91 Å². The van der Waals surface area contributed by atoms with Crippen molar-refractivity contribution in [3.63, 3.8) is 0 Å². The largest absolute Gasteiger partial charge is 0.497 e. The van der Waals surface area contributed by atoms with Gasteiger partial charge in [0.05, 0.1) is 32.2 Å². The molecule has 0 saturated heterocycles. The summed E-state index contributed by atoms with van der Waals surface area (Å²) in [5.74, 6) is 1.43. The van der Waals surface area contributed by atoms with Gasteiger partial charge in [-0.1, -0.05) is 36.4 Å². The van der Waals surface area contributed by atoms with E-state index >= 15 is 0 Å². The lowest BCUT2D eigenvalue weighted by Gasteiger charge is -2.07. The number of benzene rings is 2. The maximum absolute atomic E-state index is 11.8. The van der Waals surface area contributed by atoms with Gasteiger partial charge < -0.3 is 24.5 Å². The number of hydrogen-bond donors (Lipinski definition) is 2. The van der Waals surface area contributed by atoms with Crippen molar-refractivity contribution >= 4 is 5.91 Å². The van der Waals surface area contributed by atoms with Gasteiger partial charge in [0.25, 0.3) is 0 Å². The van der Waals surface area contributed by atoms with Crippen molar-refractivity contribution in [2.75, 3.05) is 34.0 Å². The molecule has 1 heterocycles. The van der Waals surface area contributed by atoms with Crippen LogP contribution in [-0.2, 0) is 20.8 Å². The Morgan fingerprint density at radius 2 is 1.90 bits per heavy atom. The zero-order valence-corrected chi connectivity index (χ0v) is 16.6. The summed E-state index contributed by atoms with van der Waals surface area (Å²) in [5, 5.41) is 2.83. The van der Waals surface area contributed by atoms with Gasteiger partial charge in [-0.25, -0.2) is 4.98 Å². The lowest BCUT2D eigenvalue weighted by molar-refractivity contribution is -0.126. The van der Waals surface area contributed by atoms with Crippen molar-refractivity contribution in [2.24, 2.45) is 0 Å². The van der Waals surface area contributed by atoms with E-state index in [9.17, 15) is 4.79 Å². The van der Waals surface area contributed by atoms with Crippen LogP contribution >= 0.6 is 0 Å². The summed E-state index contributed by atoms with van der Waals surface area (Å²) in [6.07, 6.45) is 1.81. The zero-order chi connectivity index (χ0) is 20.5. The van der Waals surface area contributed by atoms with Crippen molar-refractivity contribution in [3.8, 4) is 28.4 Å². The lowest BCUT2D eigenvalue weighted by atomic mass is 10.1. The van der Waals surface area contributed by atoms with Crippen molar-refractivity contribution in [2.45, 2.75) is 6.54 Å². The molecule has 0 aliphatic rings. The van der Waals surface area contributed by atoms with E-state index in [1.165, 1.54) is 0 Å². The van der Waals surface area contributed by atoms with Crippen LogP contribution in [0.3, 0.4) is 0 Å². The molecule has 3 aromatic rings. The fourth-order valence-electron chi connectivity index (χ4n) is 2.74. The fraction of sp³-hybridized carbons (Fsp3) is 0.273. The Hall–Kier alpha value is -3.16. The number of carbonyl (C=O) groups excluding carboxylic acids is 1. The van der Waals surface area contributed by atoms with E-state index in [-0.39, 0.29) is 12.5 Å². The molecule has 2 N–H and O–H groups in total. The highest BCUT2D eigenvalue weighted by Gasteiger charge is 2.07. The first-order chi connectivity index (χ1) is 14.2. The highest BCUT2D eigenvalue weighted by atomic mass is 16.5. The van der Waals surface area contributed by atoms with Crippen LogP contribution in [0.5, 0.6) is 5.75 Å². The molecule has 152 valence electrons. The minimum Gasteiger partial charge on any atom is -0.497 e. The Balaban J connectivity index is 1.56. The molecule has 0 bridgehead atoms. The highest BCUT2D eigenvalue weighted by molar-refractivity contribution is 5.77. The smallest absolute Gasteiger partial charge is 0.246 e. The number of nitrogens with zero attached hydrogens (tertiary/aromatic N) is 1. The molecule has 0 radical (unpaired) electrons. The van der Waals surface area contributed by atoms with E-state index in [0.29, 0.717) is 19.8 Å². The third kappa shape index (κ3) is 5.91. The Morgan fingerprint density at radius 1 is 1.07 bits per heavy atom. The van der Waals surface area contributed by atoms with Gasteiger partial charge in [-0.2, -0.15) is 0 Å². The van der Waals surface area contributed by atoms with Crippen LogP contribution in [0.15, 0.2) is 54.7 Å². The van der Waals surface area contributed by atoms with E-state index in [0.717, 1.165) is 34.0 Å². The molecule has 0 atom stereocenters. The van der Waals surface area contributed by atoms with Crippen molar-refractivity contribution < 1.29 is 19.0 Å². The molecular weight excluding hydrogens is 370 g/mol. The number of nitrogens with one attached hydrogen (secondary N) is 2. The first-order valence-electron chi connectivity index (χ1n) is 9.31. The Bertz CT molecular complexity index is 922. The summed E-state index contributed by atoms with van der Waals surface area (Å²) in [5.41, 5.74) is 3.90. The van der Waals surface area contributed by atoms with E-state index in [2.05, 4.69) is 15.3 Å². The Kier molecular flexibility index (Phi) is 7.38. The molecule has 29 heavy (non-hydrogen) atoms. The molecule has 1 amide bonds. The molecule has 0 spiro atoms. The monoisotopic (exact) mass is 395 g/mol. The number of carbonyl (C=O) groups is 1. The fourth-order valence-corrected chi connectivity index (χ4v) is 2.74. The molecule has 2 aromatic carbocycles. The lowest BCUT2D eigenvalue weighted by Crippen LogP contribution is -2.27. The minimum atomic E-state index is -0.154. The van der Waals surface area contributed by atoms with Crippen LogP contribution in [0.25, 0.3) is 22.6 Å². The van der Waals surface area contributed by atoms with Crippen molar-refractivity contribution in [3.05, 3.63) is 60.3 Å². The number of ether oxygens (including phenoxy) is 3. The summed E-state index contributed by atoms with van der Waals surface area (Å²) in [6.45, 7) is 1.35. The van der Waals surface area contributed by atoms with Crippen molar-refractivity contribution in [1.29, 1.82) is 0 Å². The predicted molar refractivity (Wildman–Crippen MR) is 111 cm³/mol. The SMILES string of the molecule is COCCOCC(=O)NCc1ccc(-c2ncc(-c3cccc(OC)c3)[nH]2)cc1. The molecule has 7 heteroatoms. The van der Waals surface area contributed by atoms with Gasteiger partial charge in [-0.15, -0.1) is 0 Å².